The van der Waals surface area contributed by atoms with E-state index in [4.69, 9.17) is 4.74 Å². The monoisotopic (exact) mass is 556 g/mol. The van der Waals surface area contributed by atoms with Crippen LogP contribution >= 0.6 is 31.9 Å². The first-order valence-electron chi connectivity index (χ1n) is 9.95. The van der Waals surface area contributed by atoms with Gasteiger partial charge in [-0.15, -0.1) is 0 Å². The second-order valence-corrected chi connectivity index (χ2v) is 9.73. The Balaban J connectivity index is 1.73. The molecule has 0 aliphatic rings. The van der Waals surface area contributed by atoms with Crippen LogP contribution in [0.25, 0.3) is 6.08 Å². The van der Waals surface area contributed by atoms with E-state index in [-0.39, 0.29) is 12.5 Å². The van der Waals surface area contributed by atoms with Crippen LogP contribution in [0.4, 0.5) is 10.5 Å². The standard InChI is InChI=1S/C25H22Br2N2O3/c26-23(27)16-20-13-7-8-14-21(20)28-24(30)22(15-18-9-3-1-4-10-18)29-25(31)32-17-19-11-5-2-6-12-19/h1-14,16,22H,15,17H2,(H,28,30)(H,29,31)/t22-/m0/s1. The summed E-state index contributed by atoms with van der Waals surface area (Å²) in [6, 6.07) is 25.5. The van der Waals surface area contributed by atoms with Crippen molar-refractivity contribution in [1.82, 2.24) is 5.32 Å². The summed E-state index contributed by atoms with van der Waals surface area (Å²) in [4.78, 5) is 25.6. The number of hydrogen-bond donors (Lipinski definition) is 2. The maximum absolute atomic E-state index is 13.1. The summed E-state index contributed by atoms with van der Waals surface area (Å²) in [6.07, 6.45) is 1.51. The molecule has 0 bridgehead atoms. The van der Waals surface area contributed by atoms with Gasteiger partial charge in [-0.25, -0.2) is 4.79 Å². The number of rotatable bonds is 8. The van der Waals surface area contributed by atoms with E-state index in [0.717, 1.165) is 20.1 Å². The second kappa shape index (κ2) is 12.2. The number of carbonyl (C=O) groups is 2. The lowest BCUT2D eigenvalue weighted by molar-refractivity contribution is -0.118. The van der Waals surface area contributed by atoms with Gasteiger partial charge >= 0.3 is 6.09 Å². The first-order chi connectivity index (χ1) is 15.5. The van der Waals surface area contributed by atoms with Gasteiger partial charge in [-0.3, -0.25) is 4.79 Å². The molecule has 1 atom stereocenters. The number of ether oxygens (including phenoxy) is 1. The van der Waals surface area contributed by atoms with E-state index in [9.17, 15) is 9.59 Å². The molecule has 0 spiro atoms. The van der Waals surface area contributed by atoms with Crippen molar-refractivity contribution in [3.05, 3.63) is 105 Å². The fourth-order valence-corrected chi connectivity index (χ4v) is 3.53. The molecular weight excluding hydrogens is 536 g/mol. The number of benzene rings is 3. The van der Waals surface area contributed by atoms with E-state index in [1.807, 2.05) is 84.9 Å². The van der Waals surface area contributed by atoms with Crippen molar-refractivity contribution in [2.45, 2.75) is 19.1 Å². The number of nitrogens with one attached hydrogen (secondary N) is 2. The number of alkyl carbamates (subject to hydrolysis) is 1. The molecule has 0 fully saturated rings. The van der Waals surface area contributed by atoms with Crippen LogP contribution in [0.3, 0.4) is 0 Å². The molecule has 0 saturated carbocycles. The van der Waals surface area contributed by atoms with Crippen molar-refractivity contribution in [3.8, 4) is 0 Å². The quantitative estimate of drug-likeness (QED) is 0.344. The minimum atomic E-state index is -0.815. The summed E-state index contributed by atoms with van der Waals surface area (Å²) in [5, 5.41) is 5.63. The summed E-state index contributed by atoms with van der Waals surface area (Å²) in [5.41, 5.74) is 3.24. The predicted octanol–water partition coefficient (Wildman–Crippen LogP) is 6.25. The van der Waals surface area contributed by atoms with Crippen LogP contribution in [-0.2, 0) is 22.6 Å². The van der Waals surface area contributed by atoms with Gasteiger partial charge in [0.1, 0.15) is 12.6 Å². The molecule has 164 valence electrons. The van der Waals surface area contributed by atoms with Gasteiger partial charge in [0.15, 0.2) is 0 Å². The molecule has 2 N–H and O–H groups in total. The van der Waals surface area contributed by atoms with Gasteiger partial charge in [-0.2, -0.15) is 0 Å². The molecule has 3 aromatic rings. The highest BCUT2D eigenvalue weighted by atomic mass is 79.9. The Bertz CT molecular complexity index is 1070. The Labute approximate surface area is 204 Å². The fraction of sp³-hybridized carbons (Fsp3) is 0.120. The third-order valence-corrected chi connectivity index (χ3v) is 5.05. The molecule has 0 aromatic heterocycles. The maximum atomic E-state index is 13.1. The fourth-order valence-electron chi connectivity index (χ4n) is 3.04. The highest BCUT2D eigenvalue weighted by Gasteiger charge is 2.23. The Kier molecular flexibility index (Phi) is 9.07. The Morgan fingerprint density at radius 2 is 1.44 bits per heavy atom. The Hall–Kier alpha value is -2.90. The van der Waals surface area contributed by atoms with E-state index in [1.165, 1.54) is 0 Å². The van der Waals surface area contributed by atoms with E-state index in [1.54, 1.807) is 6.07 Å². The van der Waals surface area contributed by atoms with Gasteiger partial charge in [-0.1, -0.05) is 78.9 Å². The first-order valence-corrected chi connectivity index (χ1v) is 11.5. The molecule has 0 unspecified atom stereocenters. The average molecular weight is 558 g/mol. The topological polar surface area (TPSA) is 67.4 Å². The van der Waals surface area contributed by atoms with Gasteiger partial charge in [-0.05, 0) is 60.7 Å². The lowest BCUT2D eigenvalue weighted by Gasteiger charge is -2.19. The van der Waals surface area contributed by atoms with Gasteiger partial charge < -0.3 is 15.4 Å². The smallest absolute Gasteiger partial charge is 0.408 e. The minimum absolute atomic E-state index is 0.124. The highest BCUT2D eigenvalue weighted by Crippen LogP contribution is 2.24. The number of hydrogen-bond acceptors (Lipinski definition) is 3. The maximum Gasteiger partial charge on any atom is 0.408 e. The predicted molar refractivity (Wildman–Crippen MR) is 135 cm³/mol. The zero-order valence-electron chi connectivity index (χ0n) is 17.1. The highest BCUT2D eigenvalue weighted by molar-refractivity contribution is 9.28. The number of para-hydroxylation sites is 1. The zero-order chi connectivity index (χ0) is 22.8. The van der Waals surface area contributed by atoms with E-state index >= 15 is 0 Å². The van der Waals surface area contributed by atoms with Crippen LogP contribution in [0.5, 0.6) is 0 Å². The van der Waals surface area contributed by atoms with E-state index < -0.39 is 12.1 Å². The van der Waals surface area contributed by atoms with Crippen molar-refractivity contribution >= 4 is 55.6 Å². The number of halogens is 2. The minimum Gasteiger partial charge on any atom is -0.445 e. The van der Waals surface area contributed by atoms with Gasteiger partial charge in [0.2, 0.25) is 5.91 Å². The normalized spacial score (nSPS) is 11.2. The Morgan fingerprint density at radius 3 is 2.09 bits per heavy atom. The van der Waals surface area contributed by atoms with E-state index in [2.05, 4.69) is 42.5 Å². The molecule has 2 amide bonds. The van der Waals surface area contributed by atoms with Crippen LogP contribution in [0.15, 0.2) is 88.3 Å². The van der Waals surface area contributed by atoms with Crippen molar-refractivity contribution in [2.75, 3.05) is 5.32 Å². The van der Waals surface area contributed by atoms with Crippen molar-refractivity contribution in [2.24, 2.45) is 0 Å². The van der Waals surface area contributed by atoms with Gasteiger partial charge in [0, 0.05) is 12.1 Å². The molecule has 0 aliphatic heterocycles. The Morgan fingerprint density at radius 1 is 0.844 bits per heavy atom. The second-order valence-electron chi connectivity index (χ2n) is 6.96. The molecule has 7 heteroatoms. The number of carbonyl (C=O) groups excluding carboxylic acids is 2. The molecule has 0 saturated heterocycles. The van der Waals surface area contributed by atoms with Crippen LogP contribution in [-0.4, -0.2) is 18.0 Å². The van der Waals surface area contributed by atoms with Gasteiger partial charge in [0.05, 0.1) is 3.39 Å². The number of anilines is 1. The summed E-state index contributed by atoms with van der Waals surface area (Å²) in [5.74, 6) is -0.336. The largest absolute Gasteiger partial charge is 0.445 e. The van der Waals surface area contributed by atoms with Crippen molar-refractivity contribution in [1.29, 1.82) is 0 Å². The number of amides is 2. The van der Waals surface area contributed by atoms with Crippen molar-refractivity contribution in [3.63, 3.8) is 0 Å². The van der Waals surface area contributed by atoms with Crippen LogP contribution in [0.2, 0.25) is 0 Å². The van der Waals surface area contributed by atoms with Crippen molar-refractivity contribution < 1.29 is 14.3 Å². The summed E-state index contributed by atoms with van der Waals surface area (Å²) in [6.45, 7) is 0.124. The van der Waals surface area contributed by atoms with Crippen LogP contribution < -0.4 is 10.6 Å². The molecule has 0 heterocycles. The summed E-state index contributed by atoms with van der Waals surface area (Å²) < 4.78 is 6.07. The molecule has 5 nitrogen and oxygen atoms in total. The first kappa shape index (κ1) is 23.8. The van der Waals surface area contributed by atoms with Crippen LogP contribution in [0, 0.1) is 0 Å². The van der Waals surface area contributed by atoms with E-state index in [0.29, 0.717) is 12.1 Å². The molecule has 0 aliphatic carbocycles. The average Bonchev–Trinajstić information content (AvgIpc) is 2.79. The van der Waals surface area contributed by atoms with Crippen LogP contribution in [0.1, 0.15) is 16.7 Å². The zero-order valence-corrected chi connectivity index (χ0v) is 20.3. The third kappa shape index (κ3) is 7.66. The summed E-state index contributed by atoms with van der Waals surface area (Å²) >= 11 is 6.69. The molecule has 3 rings (SSSR count). The lowest BCUT2D eigenvalue weighted by Crippen LogP contribution is -2.45. The lowest BCUT2D eigenvalue weighted by atomic mass is 10.0. The summed E-state index contributed by atoms with van der Waals surface area (Å²) in [7, 11) is 0. The SMILES string of the molecule is O=C(N[C@@H](Cc1ccccc1)C(=O)Nc1ccccc1C=C(Br)Br)OCc1ccccc1. The molecule has 32 heavy (non-hydrogen) atoms. The third-order valence-electron chi connectivity index (χ3n) is 4.59. The van der Waals surface area contributed by atoms with Gasteiger partial charge in [0.25, 0.3) is 0 Å². The molecular formula is C25H22Br2N2O3. The molecule has 0 radical (unpaired) electrons. The molecule has 3 aromatic carbocycles.